The van der Waals surface area contributed by atoms with E-state index in [1.54, 1.807) is 12.4 Å². The number of carbonyl (C=O) groups is 1. The first kappa shape index (κ1) is 33.7. The van der Waals surface area contributed by atoms with E-state index in [0.717, 1.165) is 28.6 Å². The highest BCUT2D eigenvalue weighted by Crippen LogP contribution is 2.28. The number of nitrogens with zero attached hydrogens (tertiary/aromatic N) is 3. The Hall–Kier alpha value is -4.52. The Bertz CT molecular complexity index is 1590. The molecule has 0 unspecified atom stereocenters. The van der Waals surface area contributed by atoms with Gasteiger partial charge in [0.2, 0.25) is 11.9 Å². The molecule has 2 aromatic carbocycles. The lowest BCUT2D eigenvalue weighted by molar-refractivity contribution is -0.114. The number of anilines is 3. The predicted molar refractivity (Wildman–Crippen MR) is 178 cm³/mol. The minimum Gasteiger partial charge on any atom is -0.357 e. The second-order valence-corrected chi connectivity index (χ2v) is 11.8. The summed E-state index contributed by atoms with van der Waals surface area (Å²) in [5.74, 6) is 0.999. The van der Waals surface area contributed by atoms with Gasteiger partial charge in [-0.1, -0.05) is 86.7 Å². The molecule has 0 aliphatic carbocycles. The molecule has 3 aromatic heterocycles. The fourth-order valence-electron chi connectivity index (χ4n) is 4.08. The van der Waals surface area contributed by atoms with Crippen LogP contribution in [0.2, 0.25) is 0 Å². The minimum atomic E-state index is -0.181. The molecule has 0 radical (unpaired) electrons. The van der Waals surface area contributed by atoms with E-state index in [1.165, 1.54) is 23.3 Å². The number of fused-ring (bicyclic) bond motifs is 1. The normalized spacial score (nSPS) is 10.9. The Labute approximate surface area is 251 Å². The van der Waals surface area contributed by atoms with Crippen LogP contribution in [0.5, 0.6) is 0 Å². The maximum absolute atomic E-state index is 11.0. The van der Waals surface area contributed by atoms with Gasteiger partial charge in [-0.15, -0.1) is 0 Å². The largest absolute Gasteiger partial charge is 0.357 e. The number of pyridine rings is 1. The van der Waals surface area contributed by atoms with Crippen LogP contribution in [0.1, 0.15) is 74.6 Å². The van der Waals surface area contributed by atoms with Gasteiger partial charge in [0.05, 0.1) is 11.4 Å². The molecule has 0 bridgehead atoms. The van der Waals surface area contributed by atoms with Crippen molar-refractivity contribution in [2.45, 2.75) is 74.1 Å². The number of H-pyrrole nitrogens is 1. The molecule has 7 heteroatoms. The van der Waals surface area contributed by atoms with Gasteiger partial charge in [0, 0.05) is 36.1 Å². The van der Waals surface area contributed by atoms with E-state index >= 15 is 0 Å². The maximum Gasteiger partial charge on any atom is 0.229 e. The fraction of sp³-hybridized carbons (Fsp3) is 0.314. The highest BCUT2D eigenvalue weighted by atomic mass is 16.1. The number of hydrogen-bond donors (Lipinski definition) is 3. The third kappa shape index (κ3) is 8.99. The quantitative estimate of drug-likeness (QED) is 0.201. The SMILES string of the molecule is C.C.CC(=O)Nc1nccc(-c2ccc(C(C)(C)C)[nH]2)n1.CC(C)(C)c1ccc2cc(Nc3ccccn3)ccc2c1. The van der Waals surface area contributed by atoms with E-state index in [-0.39, 0.29) is 31.6 Å². The fourth-order valence-corrected chi connectivity index (χ4v) is 4.08. The van der Waals surface area contributed by atoms with Crippen molar-refractivity contribution in [3.05, 3.63) is 96.4 Å². The van der Waals surface area contributed by atoms with Crippen LogP contribution >= 0.6 is 0 Å². The lowest BCUT2D eigenvalue weighted by Gasteiger charge is -2.19. The first-order valence-electron chi connectivity index (χ1n) is 13.4. The van der Waals surface area contributed by atoms with Gasteiger partial charge in [-0.2, -0.15) is 0 Å². The Kier molecular flexibility index (Phi) is 11.1. The Morgan fingerprint density at radius 2 is 1.48 bits per heavy atom. The van der Waals surface area contributed by atoms with Crippen LogP contribution in [0.3, 0.4) is 0 Å². The second-order valence-electron chi connectivity index (χ2n) is 11.8. The molecule has 1 amide bonds. The van der Waals surface area contributed by atoms with Gasteiger partial charge in [-0.3, -0.25) is 10.1 Å². The summed E-state index contributed by atoms with van der Waals surface area (Å²) in [6.45, 7) is 14.6. The van der Waals surface area contributed by atoms with E-state index in [2.05, 4.69) is 115 Å². The summed E-state index contributed by atoms with van der Waals surface area (Å²) in [6.07, 6.45) is 3.42. The number of aromatic nitrogens is 4. The summed E-state index contributed by atoms with van der Waals surface area (Å²) >= 11 is 0. The van der Waals surface area contributed by atoms with Crippen molar-refractivity contribution in [3.63, 3.8) is 0 Å². The molecule has 3 heterocycles. The number of hydrogen-bond acceptors (Lipinski definition) is 5. The molecule has 5 aromatic rings. The highest BCUT2D eigenvalue weighted by Gasteiger charge is 2.16. The molecule has 5 rings (SSSR count). The number of rotatable bonds is 4. The van der Waals surface area contributed by atoms with E-state index in [1.807, 2.05) is 30.3 Å². The number of carbonyl (C=O) groups excluding carboxylic acids is 1. The molecule has 0 aliphatic rings. The molecule has 42 heavy (non-hydrogen) atoms. The van der Waals surface area contributed by atoms with E-state index < -0.39 is 0 Å². The van der Waals surface area contributed by atoms with Gasteiger partial charge < -0.3 is 10.3 Å². The Morgan fingerprint density at radius 1 is 0.762 bits per heavy atom. The molecule has 3 N–H and O–H groups in total. The molecule has 7 nitrogen and oxygen atoms in total. The highest BCUT2D eigenvalue weighted by molar-refractivity contribution is 5.87. The molecule has 0 fully saturated rings. The van der Waals surface area contributed by atoms with Crippen molar-refractivity contribution in [2.24, 2.45) is 0 Å². The van der Waals surface area contributed by atoms with Crippen molar-refractivity contribution >= 4 is 34.1 Å². The average Bonchev–Trinajstić information content (AvgIpc) is 3.40. The van der Waals surface area contributed by atoms with Crippen LogP contribution in [0.25, 0.3) is 22.2 Å². The van der Waals surface area contributed by atoms with Crippen LogP contribution in [0.4, 0.5) is 17.5 Å². The Balaban J connectivity index is 0.000000282. The van der Waals surface area contributed by atoms with Gasteiger partial charge in [-0.05, 0) is 64.2 Å². The van der Waals surface area contributed by atoms with Crippen LogP contribution in [-0.2, 0) is 15.6 Å². The molecular weight excluding hydrogens is 520 g/mol. The van der Waals surface area contributed by atoms with E-state index in [4.69, 9.17) is 0 Å². The first-order chi connectivity index (χ1) is 18.9. The van der Waals surface area contributed by atoms with Crippen molar-refractivity contribution in [3.8, 4) is 11.4 Å². The van der Waals surface area contributed by atoms with Crippen LogP contribution in [0, 0.1) is 0 Å². The van der Waals surface area contributed by atoms with Crippen molar-refractivity contribution in [1.29, 1.82) is 0 Å². The number of nitrogens with one attached hydrogen (secondary N) is 3. The molecule has 0 spiro atoms. The zero-order chi connectivity index (χ0) is 28.9. The van der Waals surface area contributed by atoms with E-state index in [9.17, 15) is 4.79 Å². The molecule has 0 saturated heterocycles. The molecule has 0 saturated carbocycles. The zero-order valence-corrected chi connectivity index (χ0v) is 24.3. The molecule has 0 aliphatic heterocycles. The van der Waals surface area contributed by atoms with Gasteiger partial charge >= 0.3 is 0 Å². The van der Waals surface area contributed by atoms with Gasteiger partial charge in [0.1, 0.15) is 5.82 Å². The number of amides is 1. The van der Waals surface area contributed by atoms with Crippen molar-refractivity contribution < 1.29 is 4.79 Å². The summed E-state index contributed by atoms with van der Waals surface area (Å²) in [7, 11) is 0. The smallest absolute Gasteiger partial charge is 0.229 e. The van der Waals surface area contributed by atoms with Crippen LogP contribution in [-0.4, -0.2) is 25.8 Å². The van der Waals surface area contributed by atoms with Gasteiger partial charge in [0.15, 0.2) is 0 Å². The predicted octanol–water partition coefficient (Wildman–Crippen LogP) is 9.28. The third-order valence-corrected chi connectivity index (χ3v) is 6.36. The topological polar surface area (TPSA) is 95.6 Å². The Morgan fingerprint density at radius 3 is 2.10 bits per heavy atom. The summed E-state index contributed by atoms with van der Waals surface area (Å²) in [5, 5.41) is 8.42. The zero-order valence-electron chi connectivity index (χ0n) is 24.3. The van der Waals surface area contributed by atoms with Crippen molar-refractivity contribution in [1.82, 2.24) is 19.9 Å². The average molecular weight is 567 g/mol. The summed E-state index contributed by atoms with van der Waals surface area (Å²) in [6, 6.07) is 24.8. The number of benzene rings is 2. The molecular formula is C35H46N6O. The minimum absolute atomic E-state index is 0. The summed E-state index contributed by atoms with van der Waals surface area (Å²) < 4.78 is 0. The summed E-state index contributed by atoms with van der Waals surface area (Å²) in [4.78, 5) is 26.9. The number of aromatic amines is 1. The van der Waals surface area contributed by atoms with Crippen LogP contribution in [0.15, 0.2) is 85.2 Å². The first-order valence-corrected chi connectivity index (χ1v) is 13.4. The maximum atomic E-state index is 11.0. The third-order valence-electron chi connectivity index (χ3n) is 6.36. The second kappa shape index (κ2) is 13.9. The van der Waals surface area contributed by atoms with Gasteiger partial charge in [0.25, 0.3) is 0 Å². The molecule has 0 atom stereocenters. The van der Waals surface area contributed by atoms with E-state index in [0.29, 0.717) is 5.95 Å². The summed E-state index contributed by atoms with van der Waals surface area (Å²) in [5.41, 5.74) is 5.48. The lowest BCUT2D eigenvalue weighted by atomic mass is 9.86. The lowest BCUT2D eigenvalue weighted by Crippen LogP contribution is -2.11. The standard InChI is InChI=1S/C19H20N2.C14H18N4O.2CH4/c1-19(2,3)16-9-7-15-13-17(10-8-14(15)12-16)21-18-6-4-5-11-20-18;1-9(19)16-13-15-8-7-11(18-13)10-5-6-12(17-10)14(2,3)4;;/h4-13H,1-3H3,(H,20,21);5-8,17H,1-4H3,(H,15,16,18,19);2*1H4. The monoisotopic (exact) mass is 566 g/mol. The van der Waals surface area contributed by atoms with Gasteiger partial charge in [-0.25, -0.2) is 15.0 Å². The van der Waals surface area contributed by atoms with Crippen LogP contribution < -0.4 is 10.6 Å². The van der Waals surface area contributed by atoms with Crippen molar-refractivity contribution in [2.75, 3.05) is 10.6 Å². The molecule has 222 valence electrons.